The molecule has 0 nitrogen and oxygen atoms in total. The van der Waals surface area contributed by atoms with E-state index in [1.165, 1.54) is 34.5 Å². The predicted octanol–water partition coefficient (Wildman–Crippen LogP) is 5.98. The monoisotopic (exact) mass is 380 g/mol. The maximum Gasteiger partial charge on any atom is 0.0235 e. The standard InChI is InChI=1S/C27H25P/c1(4-13-23-14-10-11-15-23)5-16-24-17-12-22-27(24)28(25-18-6-2-7-19-25)26-20-8-3-9-21-26/h2-3,5-12,14-22H,1,4,13H2/b16-5-. The first-order valence-electron chi connectivity index (χ1n) is 9.95. The zero-order valence-electron chi connectivity index (χ0n) is 16.0. The van der Waals surface area contributed by atoms with Crippen LogP contribution in [0.1, 0.15) is 19.3 Å². The van der Waals surface area contributed by atoms with Gasteiger partial charge in [0.15, 0.2) is 0 Å². The molecule has 0 spiro atoms. The molecule has 0 saturated heterocycles. The number of unbranched alkanes of at least 4 members (excludes halogenated alkanes) is 1. The fraction of sp³-hybridized carbons (Fsp3) is 0.111. The molecule has 4 rings (SSSR count). The molecule has 2 aliphatic carbocycles. The van der Waals surface area contributed by atoms with Crippen molar-refractivity contribution in [1.29, 1.82) is 0 Å². The van der Waals surface area contributed by atoms with Gasteiger partial charge in [-0.05, 0) is 88.7 Å². The van der Waals surface area contributed by atoms with Gasteiger partial charge in [-0.1, -0.05) is 72.8 Å². The van der Waals surface area contributed by atoms with Crippen LogP contribution in [0.2, 0.25) is 0 Å². The summed E-state index contributed by atoms with van der Waals surface area (Å²) in [6, 6.07) is 21.8. The van der Waals surface area contributed by atoms with Gasteiger partial charge in [-0.15, -0.1) is 0 Å². The second-order valence-corrected chi connectivity index (χ2v) is 9.15. The summed E-state index contributed by atoms with van der Waals surface area (Å²) in [5.74, 6) is 2.80. The Kier molecular flexibility index (Phi) is 7.40. The van der Waals surface area contributed by atoms with Crippen LogP contribution in [0.15, 0.2) is 72.8 Å². The average molecular weight is 380 g/mol. The molecule has 0 atom stereocenters. The molecule has 10 radical (unpaired) electrons. The smallest absolute Gasteiger partial charge is 0.0235 e. The molecule has 2 aromatic carbocycles. The molecule has 0 aliphatic heterocycles. The van der Waals surface area contributed by atoms with E-state index in [9.17, 15) is 0 Å². The molecule has 28 heavy (non-hydrogen) atoms. The topological polar surface area (TPSA) is 0 Å². The molecule has 1 heteroatoms. The molecular formula is C27H25P. The Balaban J connectivity index is 1.42. The Hall–Kier alpha value is -1.39. The van der Waals surface area contributed by atoms with Gasteiger partial charge in [-0.25, -0.2) is 0 Å². The Labute approximate surface area is 173 Å². The minimum atomic E-state index is -0.535. The van der Waals surface area contributed by atoms with Crippen LogP contribution >= 0.6 is 7.92 Å². The summed E-state index contributed by atoms with van der Waals surface area (Å²) in [7, 11) is -0.535. The van der Waals surface area contributed by atoms with Gasteiger partial charge >= 0.3 is 0 Å². The van der Waals surface area contributed by atoms with E-state index in [2.05, 4.69) is 118 Å². The molecule has 138 valence electrons. The van der Waals surface area contributed by atoms with Crippen molar-refractivity contribution in [3.63, 3.8) is 0 Å². The van der Waals surface area contributed by atoms with Gasteiger partial charge in [-0.2, -0.15) is 0 Å². The van der Waals surface area contributed by atoms with E-state index < -0.39 is 7.92 Å². The van der Waals surface area contributed by atoms with Crippen molar-refractivity contribution in [2.45, 2.75) is 19.3 Å². The lowest BCUT2D eigenvalue weighted by Gasteiger charge is -2.27. The van der Waals surface area contributed by atoms with Crippen LogP contribution in [-0.2, 0) is 0 Å². The largest absolute Gasteiger partial charge is 0.0879 e. The third-order valence-corrected chi connectivity index (χ3v) is 7.48. The fourth-order valence-corrected chi connectivity index (χ4v) is 6.00. The van der Waals surface area contributed by atoms with Crippen LogP contribution in [0.3, 0.4) is 0 Å². The van der Waals surface area contributed by atoms with Gasteiger partial charge in [0.1, 0.15) is 0 Å². The maximum absolute atomic E-state index is 2.34. The molecular weight excluding hydrogens is 355 g/mol. The highest BCUT2D eigenvalue weighted by Gasteiger charge is 2.35. The highest BCUT2D eigenvalue weighted by molar-refractivity contribution is 7.76. The highest BCUT2D eigenvalue weighted by Crippen LogP contribution is 2.56. The summed E-state index contributed by atoms with van der Waals surface area (Å²) in [5.41, 5.74) is 1.44. The van der Waals surface area contributed by atoms with E-state index >= 15 is 0 Å². The lowest BCUT2D eigenvalue weighted by atomic mass is 10.00. The molecule has 0 bridgehead atoms. The van der Waals surface area contributed by atoms with Crippen LogP contribution < -0.4 is 10.6 Å². The summed E-state index contributed by atoms with van der Waals surface area (Å²) in [4.78, 5) is 0. The minimum Gasteiger partial charge on any atom is -0.0879 e. The molecule has 2 aromatic rings. The van der Waals surface area contributed by atoms with E-state index in [0.717, 1.165) is 12.8 Å². The minimum absolute atomic E-state index is 0.535. The number of hydrogen-bond donors (Lipinski definition) is 0. The van der Waals surface area contributed by atoms with Gasteiger partial charge < -0.3 is 0 Å². The van der Waals surface area contributed by atoms with Crippen molar-refractivity contribution in [3.05, 3.63) is 135 Å². The Morgan fingerprint density at radius 1 is 0.679 bits per heavy atom. The summed E-state index contributed by atoms with van der Waals surface area (Å²) in [5, 5.41) is 2.81. The quantitative estimate of drug-likeness (QED) is 0.390. The molecule has 0 amide bonds. The summed E-state index contributed by atoms with van der Waals surface area (Å²) in [6.07, 6.45) is 23.6. The predicted molar refractivity (Wildman–Crippen MR) is 122 cm³/mol. The molecule has 2 saturated carbocycles. The van der Waals surface area contributed by atoms with Gasteiger partial charge in [0.2, 0.25) is 0 Å². The second-order valence-electron chi connectivity index (χ2n) is 6.96. The maximum atomic E-state index is 2.34. The van der Waals surface area contributed by atoms with E-state index in [-0.39, 0.29) is 0 Å². The van der Waals surface area contributed by atoms with Crippen molar-refractivity contribution in [1.82, 2.24) is 0 Å². The fourth-order valence-electron chi connectivity index (χ4n) is 3.57. The number of hydrogen-bond acceptors (Lipinski definition) is 0. The Bertz CT molecular complexity index is 675. The van der Waals surface area contributed by atoms with E-state index in [4.69, 9.17) is 0 Å². The zero-order chi connectivity index (χ0) is 19.0. The highest BCUT2D eigenvalue weighted by atomic mass is 31.1. The van der Waals surface area contributed by atoms with Gasteiger partial charge in [0.25, 0.3) is 0 Å². The lowest BCUT2D eigenvalue weighted by molar-refractivity contribution is 0.792. The molecule has 0 N–H and O–H groups in total. The molecule has 2 aliphatic rings. The van der Waals surface area contributed by atoms with Crippen molar-refractivity contribution < 1.29 is 0 Å². The third-order valence-electron chi connectivity index (χ3n) is 4.96. The normalized spacial score (nSPS) is 19.3. The van der Waals surface area contributed by atoms with Crippen LogP contribution in [0.4, 0.5) is 0 Å². The second kappa shape index (κ2) is 10.4. The van der Waals surface area contributed by atoms with Crippen LogP contribution in [-0.4, -0.2) is 0 Å². The first kappa shape index (κ1) is 19.9. The van der Waals surface area contributed by atoms with Gasteiger partial charge in [0, 0.05) is 11.6 Å². The number of allylic oxidation sites excluding steroid dienone is 2. The molecule has 0 heterocycles. The molecule has 2 fully saturated rings. The first-order chi connectivity index (χ1) is 13.9. The molecule has 0 unspecified atom stereocenters. The van der Waals surface area contributed by atoms with Crippen LogP contribution in [0.25, 0.3) is 0 Å². The number of rotatable bonds is 8. The zero-order valence-corrected chi connectivity index (χ0v) is 16.9. The first-order valence-corrected chi connectivity index (χ1v) is 11.3. The van der Waals surface area contributed by atoms with Gasteiger partial charge in [0.05, 0.1) is 0 Å². The Morgan fingerprint density at radius 3 is 1.96 bits per heavy atom. The summed E-state index contributed by atoms with van der Waals surface area (Å²) < 4.78 is 0. The van der Waals surface area contributed by atoms with Crippen molar-refractivity contribution in [3.8, 4) is 0 Å². The molecule has 0 aromatic heterocycles. The van der Waals surface area contributed by atoms with Crippen molar-refractivity contribution in [2.75, 3.05) is 0 Å². The van der Waals surface area contributed by atoms with E-state index in [0.29, 0.717) is 0 Å². The SMILES string of the molecule is [CH]1[CH][CH][C](CCC/C=C\[C]2[CH][CH][CH][C]2P(c2ccccc2)c2ccccc2)[CH]1. The summed E-state index contributed by atoms with van der Waals surface area (Å²) >= 11 is 0. The van der Waals surface area contributed by atoms with Crippen molar-refractivity contribution >= 4 is 18.5 Å². The van der Waals surface area contributed by atoms with Crippen LogP contribution in [0.5, 0.6) is 0 Å². The summed E-state index contributed by atoms with van der Waals surface area (Å²) in [6.45, 7) is 0. The van der Waals surface area contributed by atoms with Crippen molar-refractivity contribution in [2.24, 2.45) is 0 Å². The third kappa shape index (κ3) is 5.15. The Morgan fingerprint density at radius 2 is 1.32 bits per heavy atom. The average Bonchev–Trinajstić information content (AvgIpc) is 3.42. The van der Waals surface area contributed by atoms with Gasteiger partial charge in [-0.3, -0.25) is 0 Å². The van der Waals surface area contributed by atoms with Crippen LogP contribution in [0, 0.1) is 62.4 Å². The number of benzene rings is 2. The lowest BCUT2D eigenvalue weighted by Crippen LogP contribution is -2.18. The van der Waals surface area contributed by atoms with E-state index in [1.54, 1.807) is 0 Å². The van der Waals surface area contributed by atoms with E-state index in [1.807, 2.05) is 0 Å².